The first-order valence-electron chi connectivity index (χ1n) is 5.52. The predicted octanol–water partition coefficient (Wildman–Crippen LogP) is 3.26. The first-order valence-corrected chi connectivity index (χ1v) is 5.52. The van der Waals surface area contributed by atoms with Crippen LogP contribution in [-0.2, 0) is 4.79 Å². The van der Waals surface area contributed by atoms with Crippen LogP contribution in [0, 0.1) is 22.6 Å². The summed E-state index contributed by atoms with van der Waals surface area (Å²) in [5, 5.41) is 11.6. The molecule has 1 N–H and O–H groups in total. The van der Waals surface area contributed by atoms with Crippen molar-refractivity contribution < 1.29 is 9.18 Å². The fraction of sp³-hybridized carbons (Fsp3) is 0.286. The van der Waals surface area contributed by atoms with Gasteiger partial charge >= 0.3 is 0 Å². The lowest BCUT2D eigenvalue weighted by molar-refractivity contribution is -0.122. The molecule has 1 aromatic carbocycles. The maximum Gasteiger partial charge on any atom is 0.180 e. The predicted molar refractivity (Wildman–Crippen MR) is 68.2 cm³/mol. The molecule has 0 spiro atoms. The van der Waals surface area contributed by atoms with E-state index in [0.29, 0.717) is 0 Å². The highest BCUT2D eigenvalue weighted by Gasteiger charge is 2.24. The minimum absolute atomic E-state index is 0.0225. The van der Waals surface area contributed by atoms with Gasteiger partial charge in [-0.25, -0.2) is 4.39 Å². The third-order valence-electron chi connectivity index (χ3n) is 2.29. The van der Waals surface area contributed by atoms with Crippen LogP contribution >= 0.6 is 0 Å². The van der Waals surface area contributed by atoms with E-state index < -0.39 is 11.2 Å². The maximum absolute atomic E-state index is 13.3. The number of benzene rings is 1. The van der Waals surface area contributed by atoms with Crippen LogP contribution in [0.2, 0.25) is 0 Å². The molecule has 0 bridgehead atoms. The summed E-state index contributed by atoms with van der Waals surface area (Å²) in [5.74, 6) is -0.719. The van der Waals surface area contributed by atoms with Crippen molar-refractivity contribution in [2.75, 3.05) is 5.32 Å². The minimum Gasteiger partial charge on any atom is -0.358 e. The highest BCUT2D eigenvalue weighted by atomic mass is 19.1. The third kappa shape index (κ3) is 3.42. The van der Waals surface area contributed by atoms with Crippen molar-refractivity contribution in [3.8, 4) is 6.07 Å². The molecule has 0 aliphatic heterocycles. The molecule has 1 rings (SSSR count). The van der Waals surface area contributed by atoms with Gasteiger partial charge in [0.05, 0.1) is 5.69 Å². The van der Waals surface area contributed by atoms with Gasteiger partial charge in [-0.15, -0.1) is 0 Å². The number of halogens is 1. The summed E-state index contributed by atoms with van der Waals surface area (Å²) < 4.78 is 13.3. The molecule has 0 atom stereocenters. The van der Waals surface area contributed by atoms with E-state index in [0.717, 1.165) is 0 Å². The molecule has 0 aliphatic carbocycles. The van der Waals surface area contributed by atoms with Crippen molar-refractivity contribution in [1.82, 2.24) is 0 Å². The van der Waals surface area contributed by atoms with Crippen LogP contribution in [0.5, 0.6) is 0 Å². The number of hydrogen-bond donors (Lipinski definition) is 1. The van der Waals surface area contributed by atoms with E-state index in [2.05, 4.69) is 5.32 Å². The Balaban J connectivity index is 2.93. The minimum atomic E-state index is -0.640. The molecule has 0 aromatic heterocycles. The van der Waals surface area contributed by atoms with Gasteiger partial charge in [-0.05, 0) is 12.1 Å². The van der Waals surface area contributed by atoms with Crippen molar-refractivity contribution in [2.24, 2.45) is 5.41 Å². The van der Waals surface area contributed by atoms with E-state index in [4.69, 9.17) is 5.26 Å². The summed E-state index contributed by atoms with van der Waals surface area (Å²) in [6.07, 6.45) is 1.24. The summed E-state index contributed by atoms with van der Waals surface area (Å²) >= 11 is 0. The second-order valence-corrected chi connectivity index (χ2v) is 4.87. The SMILES string of the molecule is CC(C)(C)C(=O)/C(C#N)=C/Nc1ccccc1F. The Bertz CT molecular complexity index is 521. The number of carbonyl (C=O) groups is 1. The van der Waals surface area contributed by atoms with Crippen molar-refractivity contribution in [3.05, 3.63) is 41.9 Å². The lowest BCUT2D eigenvalue weighted by Crippen LogP contribution is -2.22. The molecule has 94 valence electrons. The fourth-order valence-electron chi connectivity index (χ4n) is 1.28. The van der Waals surface area contributed by atoms with Crippen LogP contribution in [0.4, 0.5) is 10.1 Å². The van der Waals surface area contributed by atoms with Gasteiger partial charge in [0.2, 0.25) is 0 Å². The normalized spacial score (nSPS) is 11.8. The molecule has 0 heterocycles. The summed E-state index contributed by atoms with van der Waals surface area (Å²) in [6.45, 7) is 5.18. The molecule has 4 heteroatoms. The second kappa shape index (κ2) is 5.46. The molecule has 0 saturated heterocycles. The van der Waals surface area contributed by atoms with Crippen LogP contribution in [0.3, 0.4) is 0 Å². The van der Waals surface area contributed by atoms with Gasteiger partial charge in [0.15, 0.2) is 5.78 Å². The van der Waals surface area contributed by atoms with Gasteiger partial charge < -0.3 is 5.32 Å². The summed E-state index contributed by atoms with van der Waals surface area (Å²) in [6, 6.07) is 7.88. The van der Waals surface area contributed by atoms with E-state index in [1.807, 2.05) is 6.07 Å². The quantitative estimate of drug-likeness (QED) is 0.658. The Hall–Kier alpha value is -2.15. The third-order valence-corrected chi connectivity index (χ3v) is 2.29. The lowest BCUT2D eigenvalue weighted by atomic mass is 9.87. The molecule has 0 aliphatic rings. The maximum atomic E-state index is 13.3. The topological polar surface area (TPSA) is 52.9 Å². The number of hydrogen-bond acceptors (Lipinski definition) is 3. The Morgan fingerprint density at radius 3 is 2.50 bits per heavy atom. The number of rotatable bonds is 3. The number of allylic oxidation sites excluding steroid dienone is 1. The van der Waals surface area contributed by atoms with Crippen LogP contribution in [0.1, 0.15) is 20.8 Å². The van der Waals surface area contributed by atoms with Crippen LogP contribution in [0.15, 0.2) is 36.0 Å². The van der Waals surface area contributed by atoms with E-state index in [1.165, 1.54) is 18.3 Å². The van der Waals surface area contributed by atoms with E-state index in [1.54, 1.807) is 32.9 Å². The number of anilines is 1. The van der Waals surface area contributed by atoms with Crippen LogP contribution < -0.4 is 5.32 Å². The van der Waals surface area contributed by atoms with Crippen LogP contribution in [-0.4, -0.2) is 5.78 Å². The summed E-state index contributed by atoms with van der Waals surface area (Å²) in [7, 11) is 0. The molecule has 1 aromatic rings. The van der Waals surface area contributed by atoms with Crippen molar-refractivity contribution in [1.29, 1.82) is 5.26 Å². The number of nitrogens with one attached hydrogen (secondary N) is 1. The van der Waals surface area contributed by atoms with Gasteiger partial charge in [-0.2, -0.15) is 5.26 Å². The first-order chi connectivity index (χ1) is 8.36. The van der Waals surface area contributed by atoms with E-state index >= 15 is 0 Å². The molecule has 18 heavy (non-hydrogen) atoms. The van der Waals surface area contributed by atoms with E-state index in [-0.39, 0.29) is 17.0 Å². The number of nitrogens with zero attached hydrogens (tertiary/aromatic N) is 1. The second-order valence-electron chi connectivity index (χ2n) is 4.87. The van der Waals surface area contributed by atoms with Gasteiger partial charge in [0.1, 0.15) is 17.5 Å². The molecule has 0 saturated carbocycles. The van der Waals surface area contributed by atoms with Gasteiger partial charge in [-0.3, -0.25) is 4.79 Å². The molecular weight excluding hydrogens is 231 g/mol. The number of carbonyl (C=O) groups excluding carboxylic acids is 1. The molecule has 3 nitrogen and oxygen atoms in total. The summed E-state index contributed by atoms with van der Waals surface area (Å²) in [4.78, 5) is 11.9. The lowest BCUT2D eigenvalue weighted by Gasteiger charge is -2.15. The Morgan fingerprint density at radius 2 is 2.00 bits per heavy atom. The zero-order chi connectivity index (χ0) is 13.8. The molecular formula is C14H15FN2O. The van der Waals surface area contributed by atoms with E-state index in [9.17, 15) is 9.18 Å². The standard InChI is InChI=1S/C14H15FN2O/c1-14(2,3)13(18)10(8-16)9-17-12-7-5-4-6-11(12)15/h4-7,9,17H,1-3H3/b10-9+. The largest absolute Gasteiger partial charge is 0.358 e. The smallest absolute Gasteiger partial charge is 0.180 e. The highest BCUT2D eigenvalue weighted by Crippen LogP contribution is 2.20. The fourth-order valence-corrected chi connectivity index (χ4v) is 1.28. The monoisotopic (exact) mass is 246 g/mol. The first kappa shape index (κ1) is 13.9. The summed E-state index contributed by atoms with van der Waals surface area (Å²) in [5.41, 5.74) is -0.434. The van der Waals surface area contributed by atoms with Crippen molar-refractivity contribution >= 4 is 11.5 Å². The van der Waals surface area contributed by atoms with Crippen molar-refractivity contribution in [2.45, 2.75) is 20.8 Å². The average Bonchev–Trinajstić information content (AvgIpc) is 2.30. The molecule has 0 amide bonds. The number of nitriles is 1. The molecule has 0 radical (unpaired) electrons. The number of Topliss-reactive ketones (excluding diaryl/α,β-unsaturated/α-hetero) is 1. The van der Waals surface area contributed by atoms with Gasteiger partial charge in [0.25, 0.3) is 0 Å². The molecule has 0 fully saturated rings. The van der Waals surface area contributed by atoms with Crippen LogP contribution in [0.25, 0.3) is 0 Å². The number of para-hydroxylation sites is 1. The van der Waals surface area contributed by atoms with Gasteiger partial charge in [0, 0.05) is 11.6 Å². The Kier molecular flexibility index (Phi) is 4.22. The molecule has 0 unspecified atom stereocenters. The Labute approximate surface area is 106 Å². The zero-order valence-corrected chi connectivity index (χ0v) is 10.6. The Morgan fingerprint density at radius 1 is 1.39 bits per heavy atom. The van der Waals surface area contributed by atoms with Crippen molar-refractivity contribution in [3.63, 3.8) is 0 Å². The average molecular weight is 246 g/mol. The zero-order valence-electron chi connectivity index (χ0n) is 10.6. The highest BCUT2D eigenvalue weighted by molar-refractivity contribution is 6.02. The number of ketones is 1. The van der Waals surface area contributed by atoms with Gasteiger partial charge in [-0.1, -0.05) is 32.9 Å².